The van der Waals surface area contributed by atoms with Crippen molar-refractivity contribution in [2.24, 2.45) is 5.92 Å². The van der Waals surface area contributed by atoms with Gasteiger partial charge in [-0.25, -0.2) is 9.59 Å². The molecule has 6 N–H and O–H groups in total. The summed E-state index contributed by atoms with van der Waals surface area (Å²) in [6.07, 6.45) is -0.962. The molecule has 2 heterocycles. The predicted molar refractivity (Wildman–Crippen MR) is 157 cm³/mol. The highest BCUT2D eigenvalue weighted by Crippen LogP contribution is 2.32. The summed E-state index contributed by atoms with van der Waals surface area (Å²) in [5.74, 6) is -4.10. The van der Waals surface area contributed by atoms with Crippen molar-refractivity contribution in [1.82, 2.24) is 41.9 Å². The number of aromatic amines is 1. The zero-order valence-corrected chi connectivity index (χ0v) is 25.7. The van der Waals surface area contributed by atoms with Crippen LogP contribution in [0, 0.1) is 5.92 Å². The van der Waals surface area contributed by atoms with Gasteiger partial charge in [-0.05, 0) is 38.3 Å². The second kappa shape index (κ2) is 15.1. The van der Waals surface area contributed by atoms with Gasteiger partial charge >= 0.3 is 12.1 Å². The summed E-state index contributed by atoms with van der Waals surface area (Å²) in [7, 11) is 0. The molecule has 17 heteroatoms. The first kappa shape index (κ1) is 34.4. The Morgan fingerprint density at radius 3 is 2.44 bits per heavy atom. The lowest BCUT2D eigenvalue weighted by molar-refractivity contribution is -0.141. The quantitative estimate of drug-likeness (QED) is 0.169. The molecule has 1 aromatic carbocycles. The third-order valence-corrected chi connectivity index (χ3v) is 6.96. The Kier molecular flexibility index (Phi) is 11.5. The summed E-state index contributed by atoms with van der Waals surface area (Å²) < 4.78 is 5.07. The first-order valence-corrected chi connectivity index (χ1v) is 14.4. The van der Waals surface area contributed by atoms with E-state index in [0.29, 0.717) is 12.1 Å². The summed E-state index contributed by atoms with van der Waals surface area (Å²) in [6.45, 7) is 7.82. The number of hydrogen-bond donors (Lipinski definition) is 6. The van der Waals surface area contributed by atoms with E-state index < -0.39 is 78.3 Å². The molecule has 45 heavy (non-hydrogen) atoms. The Balaban J connectivity index is 1.65. The smallest absolute Gasteiger partial charge is 0.408 e. The summed E-state index contributed by atoms with van der Waals surface area (Å²) in [4.78, 5) is 77.7. The van der Waals surface area contributed by atoms with E-state index in [4.69, 9.17) is 4.74 Å². The molecule has 0 saturated carbocycles. The molecule has 0 fully saturated rings. The minimum absolute atomic E-state index is 0.00669. The van der Waals surface area contributed by atoms with E-state index in [2.05, 4.69) is 41.9 Å². The number of H-pyrrole nitrogens is 1. The van der Waals surface area contributed by atoms with Crippen molar-refractivity contribution in [3.8, 4) is 0 Å². The Hall–Kier alpha value is -5.09. The SMILES string of the molecule is CC[C@H](C)C(NC(=O)C[C@@H](NC(=O)OC(C)(C)C)C(=O)O)C(=O)NCC(=O)N1c2ccccc2C[C@H]1C(=O)NCc1nn[nH]n1. The number of fused-ring (bicyclic) bond motifs is 1. The molecular formula is C28H39N9O8. The van der Waals surface area contributed by atoms with Crippen molar-refractivity contribution in [3.63, 3.8) is 0 Å². The highest BCUT2D eigenvalue weighted by molar-refractivity contribution is 6.05. The van der Waals surface area contributed by atoms with Crippen LogP contribution in [0.2, 0.25) is 0 Å². The van der Waals surface area contributed by atoms with E-state index in [-0.39, 0.29) is 18.8 Å². The number of tetrazole rings is 1. The lowest BCUT2D eigenvalue weighted by atomic mass is 9.98. The third kappa shape index (κ3) is 9.70. The molecule has 4 atom stereocenters. The van der Waals surface area contributed by atoms with Gasteiger partial charge < -0.3 is 31.1 Å². The first-order chi connectivity index (χ1) is 21.2. The van der Waals surface area contributed by atoms with Gasteiger partial charge in [0.25, 0.3) is 0 Å². The highest BCUT2D eigenvalue weighted by atomic mass is 16.6. The molecule has 1 aliphatic heterocycles. The molecule has 244 valence electrons. The average molecular weight is 630 g/mol. The number of alkyl carbamates (subject to hydrolysis) is 1. The molecule has 0 saturated heterocycles. The van der Waals surface area contributed by atoms with E-state index in [1.807, 2.05) is 0 Å². The van der Waals surface area contributed by atoms with Crippen molar-refractivity contribution in [1.29, 1.82) is 0 Å². The number of aliphatic carboxylic acids is 1. The van der Waals surface area contributed by atoms with E-state index >= 15 is 0 Å². The zero-order valence-electron chi connectivity index (χ0n) is 25.7. The average Bonchev–Trinajstić information content (AvgIpc) is 3.63. The fraction of sp³-hybridized carbons (Fsp3) is 0.536. The van der Waals surface area contributed by atoms with Gasteiger partial charge in [-0.1, -0.05) is 43.7 Å². The number of carbonyl (C=O) groups is 6. The van der Waals surface area contributed by atoms with Crippen LogP contribution >= 0.6 is 0 Å². The van der Waals surface area contributed by atoms with Gasteiger partial charge in [0.15, 0.2) is 5.82 Å². The number of hydrogen-bond acceptors (Lipinski definition) is 10. The van der Waals surface area contributed by atoms with Gasteiger partial charge in [0, 0.05) is 12.1 Å². The second-order valence-corrected chi connectivity index (χ2v) is 11.5. The number of rotatable bonds is 13. The number of anilines is 1. The topological polar surface area (TPSA) is 238 Å². The van der Waals surface area contributed by atoms with Crippen LogP contribution < -0.4 is 26.2 Å². The Bertz CT molecular complexity index is 1390. The van der Waals surface area contributed by atoms with Gasteiger partial charge in [0.05, 0.1) is 19.5 Å². The van der Waals surface area contributed by atoms with Gasteiger partial charge in [-0.15, -0.1) is 10.2 Å². The van der Waals surface area contributed by atoms with Gasteiger partial charge in [0.1, 0.15) is 23.7 Å². The molecule has 5 amide bonds. The fourth-order valence-corrected chi connectivity index (χ4v) is 4.57. The van der Waals surface area contributed by atoms with Crippen LogP contribution in [0.4, 0.5) is 10.5 Å². The van der Waals surface area contributed by atoms with Gasteiger partial charge in [-0.2, -0.15) is 5.21 Å². The van der Waals surface area contributed by atoms with E-state index in [0.717, 1.165) is 5.56 Å². The summed E-state index contributed by atoms with van der Waals surface area (Å²) in [6, 6.07) is 3.40. The van der Waals surface area contributed by atoms with Crippen LogP contribution in [-0.2, 0) is 41.7 Å². The molecule has 0 bridgehead atoms. The maximum atomic E-state index is 13.5. The number of para-hydroxylation sites is 1. The van der Waals surface area contributed by atoms with Crippen molar-refractivity contribution in [2.45, 2.75) is 84.2 Å². The maximum Gasteiger partial charge on any atom is 0.408 e. The first-order valence-electron chi connectivity index (χ1n) is 14.4. The van der Waals surface area contributed by atoms with Crippen molar-refractivity contribution >= 4 is 41.4 Å². The molecule has 0 radical (unpaired) electrons. The Morgan fingerprint density at radius 2 is 1.82 bits per heavy atom. The van der Waals surface area contributed by atoms with E-state index in [1.54, 1.807) is 58.9 Å². The molecule has 3 rings (SSSR count). The minimum Gasteiger partial charge on any atom is -0.480 e. The number of ether oxygens (including phenoxy) is 1. The number of carboxylic acid groups (broad SMARTS) is 1. The van der Waals surface area contributed by atoms with Gasteiger partial charge in [-0.3, -0.25) is 24.1 Å². The van der Waals surface area contributed by atoms with Crippen molar-refractivity contribution in [3.05, 3.63) is 35.7 Å². The number of carbonyl (C=O) groups excluding carboxylic acids is 5. The monoisotopic (exact) mass is 629 g/mol. The Labute approximate surface area is 259 Å². The van der Waals surface area contributed by atoms with Crippen LogP contribution in [0.15, 0.2) is 24.3 Å². The number of benzene rings is 1. The van der Waals surface area contributed by atoms with E-state index in [1.165, 1.54) is 4.90 Å². The number of nitrogens with zero attached hydrogens (tertiary/aromatic N) is 4. The second-order valence-electron chi connectivity index (χ2n) is 11.5. The summed E-state index contributed by atoms with van der Waals surface area (Å²) >= 11 is 0. The van der Waals surface area contributed by atoms with Crippen LogP contribution in [0.1, 0.15) is 58.8 Å². The molecule has 1 aliphatic rings. The predicted octanol–water partition coefficient (Wildman–Crippen LogP) is -0.211. The number of nitrogens with one attached hydrogen (secondary N) is 5. The molecule has 1 unspecified atom stereocenters. The summed E-state index contributed by atoms with van der Waals surface area (Å²) in [5, 5.41) is 32.7. The van der Waals surface area contributed by atoms with Crippen molar-refractivity contribution in [2.75, 3.05) is 11.4 Å². The lowest BCUT2D eigenvalue weighted by Gasteiger charge is -2.27. The maximum absolute atomic E-state index is 13.5. The normalized spacial score (nSPS) is 16.0. The van der Waals surface area contributed by atoms with Crippen LogP contribution in [0.5, 0.6) is 0 Å². The standard InChI is InChI=1S/C28H39N9O8/c1-6-15(2)23(32-21(38)12-17(26(42)43)31-27(44)45-28(3,4)5)25(41)30-14-22(39)37-18-10-8-7-9-16(18)11-19(37)24(40)29-13-20-33-35-36-34-20/h7-10,15,17,19,23H,6,11-14H2,1-5H3,(H,29,40)(H,30,41)(H,31,44)(H,32,38)(H,42,43)(H,33,34,35,36)/t15-,17+,19-,23?/m0/s1. The van der Waals surface area contributed by atoms with Crippen molar-refractivity contribution < 1.29 is 38.6 Å². The van der Waals surface area contributed by atoms with E-state index in [9.17, 15) is 33.9 Å². The fourth-order valence-electron chi connectivity index (χ4n) is 4.57. The molecule has 17 nitrogen and oxygen atoms in total. The third-order valence-electron chi connectivity index (χ3n) is 6.96. The molecule has 0 spiro atoms. The van der Waals surface area contributed by atoms with Gasteiger partial charge in [0.2, 0.25) is 23.6 Å². The lowest BCUT2D eigenvalue weighted by Crippen LogP contribution is -2.55. The molecule has 0 aliphatic carbocycles. The zero-order chi connectivity index (χ0) is 33.3. The van der Waals surface area contributed by atoms with Crippen LogP contribution in [-0.4, -0.2) is 91.7 Å². The number of amides is 5. The summed E-state index contributed by atoms with van der Waals surface area (Å²) in [5.41, 5.74) is 0.415. The molecular weight excluding hydrogens is 590 g/mol. The largest absolute Gasteiger partial charge is 0.480 e. The van der Waals surface area contributed by atoms with Crippen LogP contribution in [0.3, 0.4) is 0 Å². The Morgan fingerprint density at radius 1 is 1.11 bits per heavy atom. The molecule has 1 aromatic heterocycles. The minimum atomic E-state index is -1.61. The number of carboxylic acids is 1. The highest BCUT2D eigenvalue weighted by Gasteiger charge is 2.38. The molecule has 2 aromatic rings. The van der Waals surface area contributed by atoms with Crippen LogP contribution in [0.25, 0.3) is 0 Å². The number of aromatic nitrogens is 4.